The maximum Gasteiger partial charge on any atom is 0.186 e. The fourth-order valence-corrected chi connectivity index (χ4v) is 7.81. The van der Waals surface area contributed by atoms with E-state index < -0.39 is 55.3 Å². The fraction of sp³-hybridized carbons (Fsp3) is 0.321. The second kappa shape index (κ2) is 23.6. The van der Waals surface area contributed by atoms with E-state index >= 15 is 0 Å². The highest BCUT2D eigenvalue weighted by atomic mass is 16.7. The zero-order valence-corrected chi connectivity index (χ0v) is 35.3. The molecule has 0 unspecified atom stereocenters. The van der Waals surface area contributed by atoms with Crippen LogP contribution >= 0.6 is 0 Å². The number of hydrogen-bond donors (Lipinski definition) is 1. The van der Waals surface area contributed by atoms with E-state index in [1.54, 1.807) is 0 Å². The highest BCUT2D eigenvalue weighted by Gasteiger charge is 2.50. The van der Waals surface area contributed by atoms with Crippen LogP contribution in [0.1, 0.15) is 33.4 Å². The number of hydrogen-bond acceptors (Lipinski definition) is 10. The first-order valence-corrected chi connectivity index (χ1v) is 21.7. The molecule has 1 N–H and O–H groups in total. The molecule has 10 nitrogen and oxygen atoms in total. The molecule has 0 spiro atoms. The van der Waals surface area contributed by atoms with Crippen LogP contribution in [0.4, 0.5) is 0 Å². The molecular formula is C53H56O10. The van der Waals surface area contributed by atoms with E-state index in [1.807, 2.05) is 182 Å². The van der Waals surface area contributed by atoms with Crippen LogP contribution in [-0.4, -0.2) is 73.6 Å². The van der Waals surface area contributed by atoms with Gasteiger partial charge in [-0.3, -0.25) is 0 Å². The van der Waals surface area contributed by atoms with Gasteiger partial charge in [-0.1, -0.05) is 182 Å². The summed E-state index contributed by atoms with van der Waals surface area (Å²) in [5, 5.41) is 11.8. The highest BCUT2D eigenvalue weighted by molar-refractivity contribution is 5.18. The van der Waals surface area contributed by atoms with Gasteiger partial charge < -0.3 is 47.7 Å². The third-order valence-electron chi connectivity index (χ3n) is 11.2. The fourth-order valence-electron chi connectivity index (χ4n) is 7.81. The average molecular weight is 853 g/mol. The van der Waals surface area contributed by atoms with Crippen molar-refractivity contribution in [3.8, 4) is 0 Å². The van der Waals surface area contributed by atoms with Gasteiger partial charge in [-0.25, -0.2) is 0 Å². The summed E-state index contributed by atoms with van der Waals surface area (Å²) in [4.78, 5) is 0. The van der Waals surface area contributed by atoms with Crippen molar-refractivity contribution in [2.24, 2.45) is 0 Å². The SMILES string of the molecule is O[C@H]1O[C@H](CO[C@H]2OC[C@@H](OCc3ccccc3)[C@H](OCc3ccccc3)[C@H]2OCc2ccccc2)[C@@H](OCc2ccccc2)[C@H](OCc2ccccc2)[C@H]1OCc1ccccc1. The van der Waals surface area contributed by atoms with Gasteiger partial charge in [0.1, 0.15) is 42.7 Å². The first-order valence-electron chi connectivity index (χ1n) is 21.7. The van der Waals surface area contributed by atoms with Gasteiger partial charge in [-0.2, -0.15) is 0 Å². The Bertz CT molecular complexity index is 2150. The summed E-state index contributed by atoms with van der Waals surface area (Å²) >= 11 is 0. The average Bonchev–Trinajstić information content (AvgIpc) is 3.34. The molecule has 2 fully saturated rings. The minimum Gasteiger partial charge on any atom is -0.368 e. The first kappa shape index (κ1) is 44.5. The first-order chi connectivity index (χ1) is 31.2. The quantitative estimate of drug-likeness (QED) is 0.0758. The summed E-state index contributed by atoms with van der Waals surface area (Å²) in [6, 6.07) is 59.6. The molecule has 0 aliphatic carbocycles. The van der Waals surface area contributed by atoms with Crippen molar-refractivity contribution in [2.75, 3.05) is 13.2 Å². The number of ether oxygens (including phenoxy) is 9. The largest absolute Gasteiger partial charge is 0.368 e. The van der Waals surface area contributed by atoms with Crippen LogP contribution < -0.4 is 0 Å². The Morgan fingerprint density at radius 3 is 1.11 bits per heavy atom. The van der Waals surface area contributed by atoms with Crippen LogP contribution in [-0.2, 0) is 82.3 Å². The third kappa shape index (κ3) is 13.0. The standard InChI is InChI=1S/C53H56O10/c54-52-50(59-35-43-27-15-5-16-28-43)49(58-34-42-25-13-4-14-26-42)48(57-33-41-23-11-3-12-24-41)46(63-52)38-62-53-51(60-36-44-29-17-6-18-30-44)47(56-32-40-21-9-2-10-22-40)45(37-61-53)55-31-39-19-7-1-8-20-39/h1-30,45-54H,31-38H2/t45-,46-,47+,48-,49+,50-,51-,52+,53-/m1/s1. The molecule has 2 aliphatic rings. The van der Waals surface area contributed by atoms with Crippen molar-refractivity contribution in [3.05, 3.63) is 215 Å². The van der Waals surface area contributed by atoms with E-state index in [0.717, 1.165) is 33.4 Å². The molecule has 0 saturated carbocycles. The molecule has 9 atom stereocenters. The molecule has 6 aromatic carbocycles. The van der Waals surface area contributed by atoms with E-state index in [0.29, 0.717) is 13.2 Å². The molecule has 2 heterocycles. The van der Waals surface area contributed by atoms with Gasteiger partial charge in [-0.15, -0.1) is 0 Å². The molecule has 6 aromatic rings. The van der Waals surface area contributed by atoms with Crippen LogP contribution in [0.3, 0.4) is 0 Å². The lowest BCUT2D eigenvalue weighted by molar-refractivity contribution is -0.336. The summed E-state index contributed by atoms with van der Waals surface area (Å²) < 4.78 is 59.6. The summed E-state index contributed by atoms with van der Waals surface area (Å²) in [7, 11) is 0. The minimum atomic E-state index is -1.37. The van der Waals surface area contributed by atoms with Gasteiger partial charge in [0, 0.05) is 0 Å². The van der Waals surface area contributed by atoms with Gasteiger partial charge in [0.15, 0.2) is 12.6 Å². The van der Waals surface area contributed by atoms with Crippen molar-refractivity contribution in [1.82, 2.24) is 0 Å². The number of aliphatic hydroxyl groups excluding tert-OH is 1. The number of aliphatic hydroxyl groups is 1. The van der Waals surface area contributed by atoms with Crippen LogP contribution in [0.2, 0.25) is 0 Å². The Labute approximate surface area is 370 Å². The highest BCUT2D eigenvalue weighted by Crippen LogP contribution is 2.32. The van der Waals surface area contributed by atoms with E-state index in [2.05, 4.69) is 0 Å². The Kier molecular flexibility index (Phi) is 16.7. The summed E-state index contributed by atoms with van der Waals surface area (Å²) in [6.07, 6.45) is -7.27. The van der Waals surface area contributed by atoms with Crippen LogP contribution in [0, 0.1) is 0 Å². The van der Waals surface area contributed by atoms with Gasteiger partial charge in [0.05, 0.1) is 52.9 Å². The van der Waals surface area contributed by atoms with E-state index in [1.165, 1.54) is 0 Å². The number of rotatable bonds is 21. The lowest BCUT2D eigenvalue weighted by atomic mass is 9.97. The molecular weight excluding hydrogens is 797 g/mol. The van der Waals surface area contributed by atoms with Crippen LogP contribution in [0.5, 0.6) is 0 Å². The second-order valence-corrected chi connectivity index (χ2v) is 15.7. The van der Waals surface area contributed by atoms with Gasteiger partial charge in [-0.05, 0) is 33.4 Å². The van der Waals surface area contributed by atoms with E-state index in [9.17, 15) is 5.11 Å². The maximum atomic E-state index is 11.8. The molecule has 8 rings (SSSR count). The Morgan fingerprint density at radius 2 is 0.698 bits per heavy atom. The van der Waals surface area contributed by atoms with E-state index in [-0.39, 0.29) is 39.6 Å². The zero-order chi connectivity index (χ0) is 42.9. The lowest BCUT2D eigenvalue weighted by Crippen LogP contribution is -2.62. The second-order valence-electron chi connectivity index (χ2n) is 15.7. The molecule has 328 valence electrons. The molecule has 63 heavy (non-hydrogen) atoms. The molecule has 2 aliphatic heterocycles. The van der Waals surface area contributed by atoms with Gasteiger partial charge in [0.25, 0.3) is 0 Å². The topological polar surface area (TPSA) is 103 Å². The molecule has 2 saturated heterocycles. The smallest absolute Gasteiger partial charge is 0.186 e. The van der Waals surface area contributed by atoms with Crippen LogP contribution in [0.25, 0.3) is 0 Å². The summed E-state index contributed by atoms with van der Waals surface area (Å²) in [5.74, 6) is 0. The molecule has 10 heteroatoms. The maximum absolute atomic E-state index is 11.8. The van der Waals surface area contributed by atoms with Crippen molar-refractivity contribution in [2.45, 2.75) is 94.9 Å². The third-order valence-corrected chi connectivity index (χ3v) is 11.2. The van der Waals surface area contributed by atoms with Crippen molar-refractivity contribution in [1.29, 1.82) is 0 Å². The van der Waals surface area contributed by atoms with Crippen molar-refractivity contribution < 1.29 is 47.7 Å². The molecule has 0 bridgehead atoms. The van der Waals surface area contributed by atoms with Crippen molar-refractivity contribution >= 4 is 0 Å². The van der Waals surface area contributed by atoms with Crippen molar-refractivity contribution in [3.63, 3.8) is 0 Å². The van der Waals surface area contributed by atoms with Crippen LogP contribution in [0.15, 0.2) is 182 Å². The predicted molar refractivity (Wildman–Crippen MR) is 237 cm³/mol. The lowest BCUT2D eigenvalue weighted by Gasteiger charge is -2.46. The normalized spacial score (nSPS) is 24.8. The number of benzene rings is 6. The molecule has 0 amide bonds. The van der Waals surface area contributed by atoms with E-state index in [4.69, 9.17) is 42.6 Å². The molecule has 0 aromatic heterocycles. The monoisotopic (exact) mass is 852 g/mol. The Balaban J connectivity index is 1.06. The van der Waals surface area contributed by atoms with Gasteiger partial charge in [0.2, 0.25) is 0 Å². The molecule has 0 radical (unpaired) electrons. The zero-order valence-electron chi connectivity index (χ0n) is 35.3. The minimum absolute atomic E-state index is 0.0378. The Hall–Kier alpha value is -5.08. The Morgan fingerprint density at radius 1 is 0.365 bits per heavy atom. The summed E-state index contributed by atoms with van der Waals surface area (Å²) in [6.45, 7) is 1.87. The predicted octanol–water partition coefficient (Wildman–Crippen LogP) is 8.59. The van der Waals surface area contributed by atoms with Gasteiger partial charge >= 0.3 is 0 Å². The summed E-state index contributed by atoms with van der Waals surface area (Å²) in [5.41, 5.74) is 5.91.